The summed E-state index contributed by atoms with van der Waals surface area (Å²) in [4.78, 5) is 15.0. The summed E-state index contributed by atoms with van der Waals surface area (Å²) in [5, 5.41) is 9.46. The van der Waals surface area contributed by atoms with Crippen LogP contribution in [0, 0.1) is 0 Å². The Bertz CT molecular complexity index is 184. The third-order valence-electron chi connectivity index (χ3n) is 2.20. The van der Waals surface area contributed by atoms with Crippen LogP contribution in [-0.2, 0) is 4.74 Å². The fourth-order valence-corrected chi connectivity index (χ4v) is 1.37. The van der Waals surface area contributed by atoms with Gasteiger partial charge in [0, 0.05) is 27.2 Å². The van der Waals surface area contributed by atoms with Gasteiger partial charge < -0.3 is 19.6 Å². The van der Waals surface area contributed by atoms with Gasteiger partial charge >= 0.3 is 6.03 Å². The van der Waals surface area contributed by atoms with Crippen LogP contribution in [0.25, 0.3) is 0 Å². The molecule has 0 fully saturated rings. The number of hydrogen-bond acceptors (Lipinski definition) is 3. The lowest BCUT2D eigenvalue weighted by Crippen LogP contribution is -2.44. The number of aliphatic hydroxyl groups is 1. The molecule has 0 aliphatic carbocycles. The Kier molecular flexibility index (Phi) is 7.07. The topological polar surface area (TPSA) is 53.0 Å². The lowest BCUT2D eigenvalue weighted by molar-refractivity contribution is 0.0455. The largest absolute Gasteiger partial charge is 0.389 e. The molecule has 0 heterocycles. The smallest absolute Gasteiger partial charge is 0.319 e. The van der Waals surface area contributed by atoms with Crippen molar-refractivity contribution in [3.05, 3.63) is 0 Å². The summed E-state index contributed by atoms with van der Waals surface area (Å²) in [6.07, 6.45) is -0.625. The number of ether oxygens (including phenoxy) is 1. The van der Waals surface area contributed by atoms with Crippen molar-refractivity contribution < 1.29 is 14.6 Å². The van der Waals surface area contributed by atoms with E-state index in [1.54, 1.807) is 11.9 Å². The predicted molar refractivity (Wildman–Crippen MR) is 58.8 cm³/mol. The van der Waals surface area contributed by atoms with Gasteiger partial charge in [0.05, 0.1) is 19.3 Å². The van der Waals surface area contributed by atoms with Crippen molar-refractivity contribution in [3.8, 4) is 0 Å². The summed E-state index contributed by atoms with van der Waals surface area (Å²) in [5.41, 5.74) is 0. The molecule has 0 aromatic rings. The summed E-state index contributed by atoms with van der Waals surface area (Å²) in [7, 11) is 3.20. The highest BCUT2D eigenvalue weighted by atomic mass is 16.5. The number of carbonyl (C=O) groups excluding carboxylic acids is 1. The number of methoxy groups -OCH3 is 1. The molecule has 0 aromatic heterocycles. The standard InChI is InChI=1S/C10H22N2O3/c1-5-12(6-2)10(14)11(3)7-9(13)8-15-4/h9,13H,5-8H2,1-4H3. The van der Waals surface area contributed by atoms with E-state index in [9.17, 15) is 9.90 Å². The molecule has 1 N–H and O–H groups in total. The molecule has 0 aliphatic rings. The highest BCUT2D eigenvalue weighted by molar-refractivity contribution is 5.74. The number of urea groups is 1. The first-order valence-electron chi connectivity index (χ1n) is 5.23. The maximum absolute atomic E-state index is 11.7. The van der Waals surface area contributed by atoms with E-state index in [-0.39, 0.29) is 12.6 Å². The summed E-state index contributed by atoms with van der Waals surface area (Å²) in [5.74, 6) is 0. The molecule has 0 aromatic carbocycles. The second kappa shape index (κ2) is 7.48. The Morgan fingerprint density at radius 1 is 1.40 bits per heavy atom. The number of rotatable bonds is 6. The molecule has 90 valence electrons. The second-order valence-corrected chi connectivity index (χ2v) is 3.44. The van der Waals surface area contributed by atoms with E-state index in [2.05, 4.69) is 0 Å². The Hall–Kier alpha value is -0.810. The fourth-order valence-electron chi connectivity index (χ4n) is 1.37. The number of carbonyl (C=O) groups is 1. The Morgan fingerprint density at radius 2 is 1.93 bits per heavy atom. The van der Waals surface area contributed by atoms with Gasteiger partial charge in [-0.1, -0.05) is 0 Å². The molecule has 15 heavy (non-hydrogen) atoms. The van der Waals surface area contributed by atoms with Gasteiger partial charge in [-0.3, -0.25) is 0 Å². The predicted octanol–water partition coefficient (Wildman–Crippen LogP) is 0.387. The summed E-state index contributed by atoms with van der Waals surface area (Å²) < 4.78 is 4.80. The van der Waals surface area contributed by atoms with Gasteiger partial charge in [0.1, 0.15) is 0 Å². The van der Waals surface area contributed by atoms with Crippen LogP contribution in [0.15, 0.2) is 0 Å². The highest BCUT2D eigenvalue weighted by Crippen LogP contribution is 1.98. The molecule has 0 spiro atoms. The van der Waals surface area contributed by atoms with Crippen molar-refractivity contribution in [1.82, 2.24) is 9.80 Å². The van der Waals surface area contributed by atoms with Crippen molar-refractivity contribution >= 4 is 6.03 Å². The first kappa shape index (κ1) is 14.2. The first-order valence-corrected chi connectivity index (χ1v) is 5.23. The molecule has 2 amide bonds. The van der Waals surface area contributed by atoms with Crippen LogP contribution < -0.4 is 0 Å². The number of aliphatic hydroxyl groups excluding tert-OH is 1. The molecule has 0 aliphatic heterocycles. The van der Waals surface area contributed by atoms with Crippen molar-refractivity contribution in [1.29, 1.82) is 0 Å². The molecular weight excluding hydrogens is 196 g/mol. The molecule has 5 heteroatoms. The monoisotopic (exact) mass is 218 g/mol. The summed E-state index contributed by atoms with van der Waals surface area (Å²) >= 11 is 0. The zero-order chi connectivity index (χ0) is 11.8. The van der Waals surface area contributed by atoms with Crippen LogP contribution in [0.5, 0.6) is 0 Å². The lowest BCUT2D eigenvalue weighted by Gasteiger charge is -2.27. The molecule has 1 unspecified atom stereocenters. The molecule has 5 nitrogen and oxygen atoms in total. The number of likely N-dealkylation sites (N-methyl/N-ethyl adjacent to an activating group) is 1. The van der Waals surface area contributed by atoms with E-state index in [0.717, 1.165) is 0 Å². The van der Waals surface area contributed by atoms with E-state index >= 15 is 0 Å². The maximum Gasteiger partial charge on any atom is 0.319 e. The van der Waals surface area contributed by atoms with E-state index in [1.165, 1.54) is 12.0 Å². The van der Waals surface area contributed by atoms with Crippen molar-refractivity contribution in [2.24, 2.45) is 0 Å². The van der Waals surface area contributed by atoms with Gasteiger partial charge in [0.2, 0.25) is 0 Å². The fraction of sp³-hybridized carbons (Fsp3) is 0.900. The zero-order valence-electron chi connectivity index (χ0n) is 10.1. The average molecular weight is 218 g/mol. The third kappa shape index (κ3) is 4.99. The van der Waals surface area contributed by atoms with Crippen LogP contribution in [0.4, 0.5) is 4.79 Å². The highest BCUT2D eigenvalue weighted by Gasteiger charge is 2.17. The second-order valence-electron chi connectivity index (χ2n) is 3.44. The van der Waals surface area contributed by atoms with E-state index in [4.69, 9.17) is 4.74 Å². The van der Waals surface area contributed by atoms with Gasteiger partial charge in [-0.05, 0) is 13.8 Å². The lowest BCUT2D eigenvalue weighted by atomic mass is 10.3. The maximum atomic E-state index is 11.7. The van der Waals surface area contributed by atoms with Gasteiger partial charge in [-0.25, -0.2) is 4.79 Å². The molecule has 0 radical (unpaired) electrons. The average Bonchev–Trinajstić information content (AvgIpc) is 2.19. The minimum absolute atomic E-state index is 0.0600. The van der Waals surface area contributed by atoms with E-state index in [1.807, 2.05) is 13.8 Å². The third-order valence-corrected chi connectivity index (χ3v) is 2.20. The van der Waals surface area contributed by atoms with Gasteiger partial charge in [0.25, 0.3) is 0 Å². The first-order chi connectivity index (χ1) is 7.06. The van der Waals surface area contributed by atoms with Crippen LogP contribution in [0.3, 0.4) is 0 Å². The molecule has 0 bridgehead atoms. The molecule has 0 rings (SSSR count). The van der Waals surface area contributed by atoms with Crippen LogP contribution in [0.1, 0.15) is 13.8 Å². The number of nitrogens with zero attached hydrogens (tertiary/aromatic N) is 2. The Morgan fingerprint density at radius 3 is 2.33 bits per heavy atom. The molecule has 1 atom stereocenters. The Balaban J connectivity index is 4.07. The van der Waals surface area contributed by atoms with Crippen LogP contribution in [-0.4, -0.2) is 67.4 Å². The number of hydrogen-bond donors (Lipinski definition) is 1. The van der Waals surface area contributed by atoms with Gasteiger partial charge in [0.15, 0.2) is 0 Å². The van der Waals surface area contributed by atoms with Crippen molar-refractivity contribution in [2.45, 2.75) is 20.0 Å². The van der Waals surface area contributed by atoms with Gasteiger partial charge in [-0.2, -0.15) is 0 Å². The van der Waals surface area contributed by atoms with E-state index in [0.29, 0.717) is 19.6 Å². The molecule has 0 saturated heterocycles. The summed E-state index contributed by atoms with van der Waals surface area (Å²) in [6, 6.07) is -0.0600. The normalized spacial score (nSPS) is 12.3. The van der Waals surface area contributed by atoms with Crippen LogP contribution in [0.2, 0.25) is 0 Å². The Labute approximate surface area is 91.6 Å². The van der Waals surface area contributed by atoms with Gasteiger partial charge in [-0.15, -0.1) is 0 Å². The summed E-state index contributed by atoms with van der Waals surface area (Å²) in [6.45, 7) is 5.76. The quantitative estimate of drug-likeness (QED) is 0.701. The van der Waals surface area contributed by atoms with Crippen LogP contribution >= 0.6 is 0 Å². The van der Waals surface area contributed by atoms with Crippen molar-refractivity contribution in [2.75, 3.05) is 40.4 Å². The molecule has 0 saturated carbocycles. The number of amides is 2. The minimum atomic E-state index is -0.625. The molecular formula is C10H22N2O3. The zero-order valence-corrected chi connectivity index (χ0v) is 10.1. The minimum Gasteiger partial charge on any atom is -0.389 e. The van der Waals surface area contributed by atoms with Crippen molar-refractivity contribution in [3.63, 3.8) is 0 Å². The van der Waals surface area contributed by atoms with E-state index < -0.39 is 6.10 Å². The SMILES string of the molecule is CCN(CC)C(=O)N(C)CC(O)COC.